The van der Waals surface area contributed by atoms with E-state index in [-0.39, 0.29) is 115 Å². The average molecular weight is 1810 g/mol. The quantitative estimate of drug-likeness (QED) is 0.0252. The molecule has 124 heavy (non-hydrogen) atoms. The van der Waals surface area contributed by atoms with Gasteiger partial charge in [-0.25, -0.2) is 0 Å². The zero-order valence-electron chi connectivity index (χ0n) is 87.6. The molecule has 766 valence electrons. The summed E-state index contributed by atoms with van der Waals surface area (Å²) in [6, 6.07) is 0. The monoisotopic (exact) mass is 1810 g/mol. The number of hydrogen-bond acceptors (Lipinski definition) is 24. The van der Waals surface area contributed by atoms with Crippen molar-refractivity contribution in [3.8, 4) is 0 Å². The van der Waals surface area contributed by atoms with Crippen molar-refractivity contribution in [1.29, 1.82) is 0 Å². The van der Waals surface area contributed by atoms with E-state index in [1.54, 1.807) is 78.2 Å². The van der Waals surface area contributed by atoms with Crippen LogP contribution in [-0.4, -0.2) is 303 Å². The molecular weight excluding hydrogens is 1590 g/mol. The lowest BCUT2D eigenvalue weighted by Crippen LogP contribution is -2.34. The molecule has 0 fully saturated rings. The lowest BCUT2D eigenvalue weighted by molar-refractivity contribution is -0.0186. The summed E-state index contributed by atoms with van der Waals surface area (Å²) >= 11 is 0. The number of hydrogen-bond donors (Lipinski definition) is 13. The van der Waals surface area contributed by atoms with Gasteiger partial charge in [-0.1, -0.05) is 215 Å². The predicted octanol–water partition coefficient (Wildman–Crippen LogP) is 18.4. The number of aliphatic hydroxyl groups excluding tert-OH is 13. The number of aliphatic hydroxyl groups is 13. The van der Waals surface area contributed by atoms with Crippen LogP contribution in [0.3, 0.4) is 0 Å². The van der Waals surface area contributed by atoms with Crippen molar-refractivity contribution >= 4 is 0 Å². The molecule has 0 aliphatic carbocycles. The highest BCUT2D eigenvalue weighted by Gasteiger charge is 2.33. The molecule has 0 aromatic heterocycles. The summed E-state index contributed by atoms with van der Waals surface area (Å²) in [5.74, 6) is 0.435. The molecule has 0 radical (unpaired) electrons. The number of rotatable bonds is 70. The van der Waals surface area contributed by atoms with Gasteiger partial charge in [-0.3, -0.25) is 0 Å². The molecule has 0 heterocycles. The third kappa shape index (κ3) is 79.6. The van der Waals surface area contributed by atoms with Crippen molar-refractivity contribution in [1.82, 2.24) is 0 Å². The zero-order chi connectivity index (χ0) is 98.1. The van der Waals surface area contributed by atoms with Gasteiger partial charge in [0.1, 0.15) is 0 Å². The molecule has 0 bridgehead atoms. The van der Waals surface area contributed by atoms with Crippen molar-refractivity contribution < 1.29 is 118 Å². The smallest absolute Gasteiger partial charge is 0.0562 e. The summed E-state index contributed by atoms with van der Waals surface area (Å²) < 4.78 is 55.0. The SMILES string of the molecule is CCC(C)(CO)CCOC.CCC(C)(CO)COC.CCC(CC)(CO)CCOC.CCC(CC)(CO)COC.CCC(CO)CCOC.CCCC(CC)(CO)CCOC.CCCC(CC)(CO)COC.CCCCC(CC)(CO)CCOC.CCCCC(CC)(CO)COC.CCCCCC(CO)(CO)CCOC.CCCCCC(CO)(CO)COC. The minimum Gasteiger partial charge on any atom is -0.396 e. The Morgan fingerprint density at radius 3 is 0.685 bits per heavy atom. The summed E-state index contributed by atoms with van der Waals surface area (Å²) in [5, 5.41) is 119. The molecule has 0 amide bonds. The number of methoxy groups -OCH3 is 11. The van der Waals surface area contributed by atoms with E-state index in [0.29, 0.717) is 65.4 Å². The van der Waals surface area contributed by atoms with Gasteiger partial charge < -0.3 is 118 Å². The Morgan fingerprint density at radius 2 is 0.444 bits per heavy atom. The van der Waals surface area contributed by atoms with Gasteiger partial charge in [0.15, 0.2) is 0 Å². The number of ether oxygens (including phenoxy) is 11. The van der Waals surface area contributed by atoms with Crippen LogP contribution < -0.4 is 0 Å². The lowest BCUT2D eigenvalue weighted by Gasteiger charge is -2.30. The standard InChI is InChI=1S/C11H24O3.C11H24O2.C10H22O3.2C10H22O2.2C9H20O2.2C8H18O2.2C7H16O2/c1-3-4-5-6-11(9-12,10-13)7-8-14-2;1-4-6-7-11(5-2,10-12)8-9-13-3;1-3-4-5-6-10(7-11,8-12)9-13-2;1-4-6-10(5-2,9-11)7-8-12-3;1-4-6-7-10(5-2,8-11)9-12-3;1-4-9(5-2,8-10)6-7-11-3;1-4-6-9(5-2,7-10)8-11-3;1-4-8(2,7-9)5-6-10-3;1-4-8(5-2,6-9)7-10-3;1-4-7(2,5-8)6-9-3;1-3-7(6-8)4-5-9-2/h12-13H,3-10H2,1-2H3;12H,4-10H2,1-3H3;11-12H,3-9H2,1-2H3;2*11H,4-9H2,1-3H3;2*10H,4-8H2,1-3H3;2*9H,4-7H2,1-3H3;8H,4-6H2,1-3H3;7-8H,3-6H2,1-2H3. The normalized spacial score (nSPS) is 14.4. The van der Waals surface area contributed by atoms with Gasteiger partial charge >= 0.3 is 0 Å². The van der Waals surface area contributed by atoms with Crippen LogP contribution in [0.5, 0.6) is 0 Å². The summed E-state index contributed by atoms with van der Waals surface area (Å²) in [5.41, 5.74) is -0.338. The van der Waals surface area contributed by atoms with Crippen LogP contribution in [0.4, 0.5) is 0 Å². The molecule has 7 unspecified atom stereocenters. The summed E-state index contributed by atoms with van der Waals surface area (Å²) in [6.07, 6.45) is 36.5. The molecule has 0 rings (SSSR count). The maximum absolute atomic E-state index is 9.37. The van der Waals surface area contributed by atoms with Gasteiger partial charge in [0.25, 0.3) is 0 Å². The molecule has 7 atom stereocenters. The fraction of sp³-hybridized carbons (Fsp3) is 1.00. The Kier molecular flexibility index (Phi) is 121. The van der Waals surface area contributed by atoms with E-state index >= 15 is 0 Å². The Hall–Kier alpha value is -0.960. The Balaban J connectivity index is -0.000000126. The van der Waals surface area contributed by atoms with Crippen LogP contribution in [0, 0.1) is 60.1 Å². The van der Waals surface area contributed by atoms with Gasteiger partial charge in [-0.15, -0.1) is 0 Å². The van der Waals surface area contributed by atoms with Crippen molar-refractivity contribution in [2.24, 2.45) is 60.1 Å². The first-order valence-electron chi connectivity index (χ1n) is 48.5. The number of unbranched alkanes of at least 4 members (excludes halogenated alkanes) is 6. The first-order valence-corrected chi connectivity index (χ1v) is 48.5. The zero-order valence-corrected chi connectivity index (χ0v) is 87.6. The highest BCUT2D eigenvalue weighted by atomic mass is 16.5. The fourth-order valence-corrected chi connectivity index (χ4v) is 13.4. The van der Waals surface area contributed by atoms with E-state index in [1.165, 1.54) is 25.7 Å². The molecule has 13 N–H and O–H groups in total. The van der Waals surface area contributed by atoms with Crippen molar-refractivity contribution in [2.45, 2.75) is 356 Å². The second-order valence-electron chi connectivity index (χ2n) is 35.8. The third-order valence-electron chi connectivity index (χ3n) is 26.2. The second-order valence-corrected chi connectivity index (χ2v) is 35.8. The van der Waals surface area contributed by atoms with Crippen LogP contribution in [0.1, 0.15) is 356 Å². The Morgan fingerprint density at radius 1 is 0.194 bits per heavy atom. The van der Waals surface area contributed by atoms with E-state index in [2.05, 4.69) is 125 Å². The average Bonchev–Trinajstić information content (AvgIpc) is 0.905. The van der Waals surface area contributed by atoms with E-state index in [1.807, 2.05) is 6.92 Å². The van der Waals surface area contributed by atoms with Crippen LogP contribution in [0.25, 0.3) is 0 Å². The minimum absolute atomic E-state index is 0.00105. The lowest BCUT2D eigenvalue weighted by atomic mass is 9.78. The Labute approximate surface area is 768 Å². The predicted molar refractivity (Wildman–Crippen MR) is 520 cm³/mol. The minimum atomic E-state index is -0.427. The topological polar surface area (TPSA) is 365 Å². The van der Waals surface area contributed by atoms with Gasteiger partial charge in [0.05, 0.1) is 85.9 Å². The molecule has 24 nitrogen and oxygen atoms in total. The fourth-order valence-electron chi connectivity index (χ4n) is 13.4. The molecule has 0 aliphatic heterocycles. The first kappa shape index (κ1) is 146. The summed E-state index contributed by atoms with van der Waals surface area (Å²) in [4.78, 5) is 0. The third-order valence-corrected chi connectivity index (χ3v) is 26.2. The van der Waals surface area contributed by atoms with Crippen LogP contribution >= 0.6 is 0 Å². The summed E-state index contributed by atoms with van der Waals surface area (Å²) in [7, 11) is 18.5. The van der Waals surface area contributed by atoms with Crippen molar-refractivity contribution in [2.75, 3.05) is 237 Å². The second kappa shape index (κ2) is 103. The van der Waals surface area contributed by atoms with Gasteiger partial charge in [-0.2, -0.15) is 0 Å². The summed E-state index contributed by atoms with van der Waals surface area (Å²) in [6.45, 7) is 50.1. The Bertz CT molecular complexity index is 1840. The maximum Gasteiger partial charge on any atom is 0.0562 e. The molecule has 0 saturated carbocycles. The van der Waals surface area contributed by atoms with Crippen LogP contribution in [0.2, 0.25) is 0 Å². The van der Waals surface area contributed by atoms with Gasteiger partial charge in [-0.05, 0) is 169 Å². The molecule has 0 aliphatic rings. The van der Waals surface area contributed by atoms with E-state index in [0.717, 1.165) is 232 Å². The highest BCUT2D eigenvalue weighted by Crippen LogP contribution is 2.36. The largest absolute Gasteiger partial charge is 0.396 e. The molecule has 0 aromatic carbocycles. The van der Waals surface area contributed by atoms with Crippen molar-refractivity contribution in [3.63, 3.8) is 0 Å². The van der Waals surface area contributed by atoms with Gasteiger partial charge in [0.2, 0.25) is 0 Å². The highest BCUT2D eigenvalue weighted by molar-refractivity contribution is 4.83. The molecule has 0 spiro atoms. The van der Waals surface area contributed by atoms with Crippen molar-refractivity contribution in [3.05, 3.63) is 0 Å². The molecular formula is C100H222O24. The van der Waals surface area contributed by atoms with Gasteiger partial charge in [0, 0.05) is 183 Å². The van der Waals surface area contributed by atoms with E-state index < -0.39 is 5.41 Å². The van der Waals surface area contributed by atoms with E-state index in [9.17, 15) is 25.5 Å². The maximum atomic E-state index is 9.37. The van der Waals surface area contributed by atoms with Crippen LogP contribution in [0.15, 0.2) is 0 Å². The van der Waals surface area contributed by atoms with E-state index in [4.69, 9.17) is 93.0 Å². The molecule has 24 heteroatoms. The molecule has 0 saturated heterocycles. The first-order chi connectivity index (χ1) is 59.2. The van der Waals surface area contributed by atoms with Crippen LogP contribution in [-0.2, 0) is 52.1 Å². The molecule has 0 aromatic rings.